The van der Waals surface area contributed by atoms with Gasteiger partial charge in [0.05, 0.1) is 40.3 Å². The van der Waals surface area contributed by atoms with E-state index in [1.54, 1.807) is 12.1 Å². The van der Waals surface area contributed by atoms with Gasteiger partial charge in [0.2, 0.25) is 5.75 Å². The van der Waals surface area contributed by atoms with Crippen LogP contribution >= 0.6 is 0 Å². The lowest BCUT2D eigenvalue weighted by Gasteiger charge is -2.31. The van der Waals surface area contributed by atoms with Gasteiger partial charge in [0.15, 0.2) is 17.5 Å². The Kier molecular flexibility index (Phi) is 7.86. The molecule has 1 aliphatic rings. The predicted molar refractivity (Wildman–Crippen MR) is 117 cm³/mol. The van der Waals surface area contributed by atoms with E-state index in [1.807, 2.05) is 25.1 Å². The fourth-order valence-corrected chi connectivity index (χ4v) is 3.82. The molecule has 0 saturated carbocycles. The molecule has 8 heteroatoms. The first kappa shape index (κ1) is 22.6. The molecule has 2 aromatic rings. The van der Waals surface area contributed by atoms with Crippen LogP contribution in [-0.4, -0.2) is 59.3 Å². The average molecular weight is 429 g/mol. The second-order valence-electron chi connectivity index (χ2n) is 7.22. The van der Waals surface area contributed by atoms with Crippen LogP contribution in [0.4, 0.5) is 0 Å². The van der Waals surface area contributed by atoms with Crippen molar-refractivity contribution >= 4 is 11.6 Å². The van der Waals surface area contributed by atoms with Crippen molar-refractivity contribution in [3.05, 3.63) is 53.6 Å². The van der Waals surface area contributed by atoms with Gasteiger partial charge in [-0.25, -0.2) is 5.43 Å². The topological polar surface area (TPSA) is 82.8 Å². The first-order chi connectivity index (χ1) is 15.1. The quantitative estimate of drug-likeness (QED) is 0.492. The number of benzene rings is 2. The van der Waals surface area contributed by atoms with E-state index < -0.39 is 0 Å². The lowest BCUT2D eigenvalue weighted by atomic mass is 10.0. The third kappa shape index (κ3) is 5.34. The number of rotatable bonds is 8. The lowest BCUT2D eigenvalue weighted by Crippen LogP contribution is -3.15. The summed E-state index contributed by atoms with van der Waals surface area (Å²) in [6.07, 6.45) is 0. The normalized spacial score (nSPS) is 15.8. The van der Waals surface area contributed by atoms with E-state index in [0.29, 0.717) is 36.0 Å². The summed E-state index contributed by atoms with van der Waals surface area (Å²) in [6, 6.07) is 13.4. The largest absolute Gasteiger partial charge is 0.493 e. The maximum Gasteiger partial charge on any atom is 0.271 e. The number of ether oxygens (including phenoxy) is 4. The summed E-state index contributed by atoms with van der Waals surface area (Å²) < 4.78 is 21.5. The standard InChI is InChI=1S/C23H29N3O5/c1-16(21(17-8-6-5-7-9-17)26-10-12-31-13-11-26)24-25-23(27)18-14-19(28-2)22(30-4)20(15-18)29-3/h5-9,14-15,21H,10-13H2,1-4H3,(H,25,27)/p+1/b24-16-/t21-/m1/s1. The number of nitrogens with zero attached hydrogens (tertiary/aromatic N) is 1. The van der Waals surface area contributed by atoms with Crippen molar-refractivity contribution in [2.75, 3.05) is 47.6 Å². The Morgan fingerprint density at radius 3 is 2.19 bits per heavy atom. The minimum atomic E-state index is -0.359. The predicted octanol–water partition coefficient (Wildman–Crippen LogP) is 1.47. The third-order valence-electron chi connectivity index (χ3n) is 5.35. The van der Waals surface area contributed by atoms with Gasteiger partial charge in [-0.05, 0) is 19.1 Å². The fourth-order valence-electron chi connectivity index (χ4n) is 3.82. The summed E-state index contributed by atoms with van der Waals surface area (Å²) in [7, 11) is 4.54. The minimum Gasteiger partial charge on any atom is -0.493 e. The van der Waals surface area contributed by atoms with Crippen molar-refractivity contribution < 1.29 is 28.6 Å². The Morgan fingerprint density at radius 1 is 1.03 bits per heavy atom. The molecule has 0 aliphatic carbocycles. The number of hydrazone groups is 1. The van der Waals surface area contributed by atoms with Gasteiger partial charge >= 0.3 is 0 Å². The Hall–Kier alpha value is -3.10. The molecule has 1 aliphatic heterocycles. The number of carbonyl (C=O) groups excluding carboxylic acids is 1. The maximum atomic E-state index is 12.8. The van der Waals surface area contributed by atoms with Crippen molar-refractivity contribution in [2.24, 2.45) is 5.10 Å². The number of methoxy groups -OCH3 is 3. The number of carbonyl (C=O) groups is 1. The SMILES string of the molecule is COc1cc(C(=O)N/N=C(/C)[C@H](c2ccccc2)[NH+]2CCOCC2)cc(OC)c1OC. The fraction of sp³-hybridized carbons (Fsp3) is 0.391. The molecule has 3 rings (SSSR count). The van der Waals surface area contributed by atoms with E-state index in [4.69, 9.17) is 18.9 Å². The third-order valence-corrected chi connectivity index (χ3v) is 5.35. The molecule has 1 heterocycles. The average Bonchev–Trinajstić information content (AvgIpc) is 2.83. The zero-order valence-electron chi connectivity index (χ0n) is 18.4. The van der Waals surface area contributed by atoms with E-state index in [0.717, 1.165) is 24.4 Å². The lowest BCUT2D eigenvalue weighted by molar-refractivity contribution is -0.928. The first-order valence-electron chi connectivity index (χ1n) is 10.2. The van der Waals surface area contributed by atoms with Crippen LogP contribution in [0.25, 0.3) is 0 Å². The summed E-state index contributed by atoms with van der Waals surface area (Å²) in [5.41, 5.74) is 5.02. The number of nitrogens with one attached hydrogen (secondary N) is 2. The molecule has 1 amide bonds. The smallest absolute Gasteiger partial charge is 0.271 e. The number of amides is 1. The Balaban J connectivity index is 1.84. The number of morpholine rings is 1. The number of hydrogen-bond acceptors (Lipinski definition) is 6. The van der Waals surface area contributed by atoms with E-state index in [2.05, 4.69) is 22.7 Å². The monoisotopic (exact) mass is 428 g/mol. The second-order valence-corrected chi connectivity index (χ2v) is 7.22. The summed E-state index contributed by atoms with van der Waals surface area (Å²) in [6.45, 7) is 5.13. The molecule has 2 aromatic carbocycles. The zero-order chi connectivity index (χ0) is 22.2. The molecule has 1 atom stereocenters. The van der Waals surface area contributed by atoms with Crippen molar-refractivity contribution in [1.82, 2.24) is 5.43 Å². The molecule has 8 nitrogen and oxygen atoms in total. The van der Waals surface area contributed by atoms with Crippen molar-refractivity contribution in [1.29, 1.82) is 0 Å². The van der Waals surface area contributed by atoms with Gasteiger partial charge in [-0.3, -0.25) is 4.79 Å². The molecule has 166 valence electrons. The van der Waals surface area contributed by atoms with Crippen LogP contribution in [-0.2, 0) is 4.74 Å². The molecule has 0 aromatic heterocycles. The van der Waals surface area contributed by atoms with Crippen molar-refractivity contribution in [3.8, 4) is 17.2 Å². The van der Waals surface area contributed by atoms with Crippen LogP contribution in [0, 0.1) is 0 Å². The molecule has 0 unspecified atom stereocenters. The molecular weight excluding hydrogens is 398 g/mol. The summed E-state index contributed by atoms with van der Waals surface area (Å²) >= 11 is 0. The molecule has 0 radical (unpaired) electrons. The summed E-state index contributed by atoms with van der Waals surface area (Å²) in [5.74, 6) is 0.893. The van der Waals surface area contributed by atoms with E-state index in [-0.39, 0.29) is 11.9 Å². The van der Waals surface area contributed by atoms with Crippen molar-refractivity contribution in [2.45, 2.75) is 13.0 Å². The van der Waals surface area contributed by atoms with Gasteiger partial charge in [0.25, 0.3) is 5.91 Å². The van der Waals surface area contributed by atoms with Gasteiger partial charge in [0, 0.05) is 11.1 Å². The molecule has 1 saturated heterocycles. The Bertz CT molecular complexity index is 886. The molecule has 0 spiro atoms. The number of quaternary nitrogens is 1. The minimum absolute atomic E-state index is 0.0327. The second kappa shape index (κ2) is 10.8. The summed E-state index contributed by atoms with van der Waals surface area (Å²) in [5, 5.41) is 4.45. The highest BCUT2D eigenvalue weighted by molar-refractivity contribution is 5.97. The summed E-state index contributed by atoms with van der Waals surface area (Å²) in [4.78, 5) is 14.2. The zero-order valence-corrected chi connectivity index (χ0v) is 18.4. The van der Waals surface area contributed by atoms with Gasteiger partial charge in [-0.1, -0.05) is 30.3 Å². The highest BCUT2D eigenvalue weighted by atomic mass is 16.5. The van der Waals surface area contributed by atoms with Crippen LogP contribution in [0.5, 0.6) is 17.2 Å². The van der Waals surface area contributed by atoms with Gasteiger partial charge in [-0.2, -0.15) is 5.10 Å². The Labute approximate surface area is 182 Å². The van der Waals surface area contributed by atoms with E-state index in [1.165, 1.54) is 26.2 Å². The highest BCUT2D eigenvalue weighted by Gasteiger charge is 2.29. The first-order valence-corrected chi connectivity index (χ1v) is 10.2. The molecule has 0 bridgehead atoms. The van der Waals surface area contributed by atoms with Gasteiger partial charge in [-0.15, -0.1) is 0 Å². The molecule has 1 fully saturated rings. The van der Waals surface area contributed by atoms with Crippen LogP contribution in [0.15, 0.2) is 47.6 Å². The molecule has 2 N–H and O–H groups in total. The van der Waals surface area contributed by atoms with Crippen LogP contribution in [0.1, 0.15) is 28.9 Å². The highest BCUT2D eigenvalue weighted by Crippen LogP contribution is 2.38. The van der Waals surface area contributed by atoms with Gasteiger partial charge < -0.3 is 23.8 Å². The molecular formula is C23H30N3O5+. The molecule has 31 heavy (non-hydrogen) atoms. The van der Waals surface area contributed by atoms with Crippen LogP contribution in [0.3, 0.4) is 0 Å². The van der Waals surface area contributed by atoms with Crippen LogP contribution in [0.2, 0.25) is 0 Å². The van der Waals surface area contributed by atoms with E-state index in [9.17, 15) is 4.79 Å². The maximum absolute atomic E-state index is 12.8. The van der Waals surface area contributed by atoms with Crippen molar-refractivity contribution in [3.63, 3.8) is 0 Å². The Morgan fingerprint density at radius 2 is 1.65 bits per heavy atom. The van der Waals surface area contributed by atoms with Crippen LogP contribution < -0.4 is 24.5 Å². The van der Waals surface area contributed by atoms with E-state index >= 15 is 0 Å². The number of hydrogen-bond donors (Lipinski definition) is 2. The van der Waals surface area contributed by atoms with Gasteiger partial charge in [0.1, 0.15) is 13.1 Å².